The van der Waals surface area contributed by atoms with Gasteiger partial charge in [0, 0.05) is 20.2 Å². The topological polar surface area (TPSA) is 55.4 Å². The molecule has 0 aliphatic carbocycles. The van der Waals surface area contributed by atoms with Gasteiger partial charge in [0.25, 0.3) is 0 Å². The second-order valence-corrected chi connectivity index (χ2v) is 12.1. The van der Waals surface area contributed by atoms with Gasteiger partial charge in [-0.25, -0.2) is 4.79 Å². The van der Waals surface area contributed by atoms with E-state index < -0.39 is 14.2 Å². The molecule has 0 fully saturated rings. The smallest absolute Gasteiger partial charge is 0.411 e. The molecule has 0 unspecified atom stereocenters. The highest BCUT2D eigenvalue weighted by atomic mass is 35.5. The third-order valence-electron chi connectivity index (χ3n) is 2.93. The standard InChI is InChI=1S/C15H22ClNO3Si/c1-21(2,3)11-10-20-15(19)17-13-7-5-4-6-12(13)8-9-14(16)18/h4-7H,8-11H2,1-3H3,(H,17,19). The summed E-state index contributed by atoms with van der Waals surface area (Å²) in [5, 5.41) is 2.33. The van der Waals surface area contributed by atoms with Crippen molar-refractivity contribution in [1.82, 2.24) is 0 Å². The van der Waals surface area contributed by atoms with Crippen molar-refractivity contribution in [3.63, 3.8) is 0 Å². The van der Waals surface area contributed by atoms with Gasteiger partial charge in [-0.2, -0.15) is 0 Å². The molecule has 0 radical (unpaired) electrons. The number of halogens is 1. The van der Waals surface area contributed by atoms with E-state index in [1.165, 1.54) is 0 Å². The molecule has 21 heavy (non-hydrogen) atoms. The predicted octanol–water partition coefficient (Wildman–Crippen LogP) is 4.27. The fourth-order valence-electron chi connectivity index (χ4n) is 1.69. The number of rotatable bonds is 7. The Bertz CT molecular complexity index is 500. The predicted molar refractivity (Wildman–Crippen MR) is 88.7 cm³/mol. The van der Waals surface area contributed by atoms with Gasteiger partial charge in [0.2, 0.25) is 5.24 Å². The lowest BCUT2D eigenvalue weighted by atomic mass is 10.1. The number of carbonyl (C=O) groups excluding carboxylic acids is 2. The Kier molecular flexibility index (Phi) is 6.91. The highest BCUT2D eigenvalue weighted by molar-refractivity contribution is 6.76. The summed E-state index contributed by atoms with van der Waals surface area (Å²) in [4.78, 5) is 22.6. The molecule has 0 aromatic heterocycles. The fourth-order valence-corrected chi connectivity index (χ4v) is 2.50. The Balaban J connectivity index is 2.53. The molecule has 1 aromatic carbocycles. The van der Waals surface area contributed by atoms with Gasteiger partial charge in [-0.1, -0.05) is 37.8 Å². The number of aryl methyl sites for hydroxylation is 1. The monoisotopic (exact) mass is 327 g/mol. The molecule has 0 saturated carbocycles. The number of nitrogens with one attached hydrogen (secondary N) is 1. The lowest BCUT2D eigenvalue weighted by Crippen LogP contribution is -2.24. The van der Waals surface area contributed by atoms with Crippen molar-refractivity contribution in [2.24, 2.45) is 0 Å². The maximum atomic E-state index is 11.8. The largest absolute Gasteiger partial charge is 0.450 e. The Labute approximate surface area is 131 Å². The Morgan fingerprint density at radius 2 is 1.90 bits per heavy atom. The molecule has 0 heterocycles. The quantitative estimate of drug-likeness (QED) is 0.601. The van der Waals surface area contributed by atoms with Crippen molar-refractivity contribution in [2.75, 3.05) is 11.9 Å². The summed E-state index contributed by atoms with van der Waals surface area (Å²) in [5.74, 6) is 0. The first-order valence-electron chi connectivity index (χ1n) is 6.98. The summed E-state index contributed by atoms with van der Waals surface area (Å²) in [7, 11) is -1.21. The molecule has 0 spiro atoms. The van der Waals surface area contributed by atoms with Crippen LogP contribution >= 0.6 is 11.6 Å². The van der Waals surface area contributed by atoms with Gasteiger partial charge in [-0.05, 0) is 35.7 Å². The lowest BCUT2D eigenvalue weighted by molar-refractivity contribution is -0.111. The number of benzene rings is 1. The maximum Gasteiger partial charge on any atom is 0.411 e. The normalized spacial score (nSPS) is 11.0. The zero-order valence-corrected chi connectivity index (χ0v) is 14.5. The average Bonchev–Trinajstić information content (AvgIpc) is 2.36. The first-order chi connectivity index (χ1) is 9.78. The number of para-hydroxylation sites is 1. The molecule has 0 saturated heterocycles. The second-order valence-electron chi connectivity index (χ2n) is 6.08. The minimum Gasteiger partial charge on any atom is -0.450 e. The summed E-state index contributed by atoms with van der Waals surface area (Å²) in [6, 6.07) is 8.26. The highest BCUT2D eigenvalue weighted by Crippen LogP contribution is 2.18. The van der Waals surface area contributed by atoms with Crippen molar-refractivity contribution < 1.29 is 14.3 Å². The fraction of sp³-hybridized carbons (Fsp3) is 0.467. The van der Waals surface area contributed by atoms with E-state index in [4.69, 9.17) is 16.3 Å². The Hall–Kier alpha value is -1.33. The van der Waals surface area contributed by atoms with Crippen molar-refractivity contribution in [1.29, 1.82) is 0 Å². The third kappa shape index (κ3) is 7.87. The second kappa shape index (κ2) is 8.19. The summed E-state index contributed by atoms with van der Waals surface area (Å²) >= 11 is 5.35. The number of amides is 1. The van der Waals surface area contributed by atoms with Crippen LogP contribution in [0.25, 0.3) is 0 Å². The van der Waals surface area contributed by atoms with E-state index in [-0.39, 0.29) is 11.7 Å². The zero-order chi connectivity index (χ0) is 15.9. The average molecular weight is 328 g/mol. The van der Waals surface area contributed by atoms with Crippen LogP contribution in [0.5, 0.6) is 0 Å². The summed E-state index contributed by atoms with van der Waals surface area (Å²) < 4.78 is 5.19. The Morgan fingerprint density at radius 3 is 2.52 bits per heavy atom. The third-order valence-corrected chi connectivity index (χ3v) is 4.82. The summed E-state index contributed by atoms with van der Waals surface area (Å²) in [6.07, 6.45) is 0.274. The molecule has 1 aromatic rings. The number of hydrogen-bond acceptors (Lipinski definition) is 3. The molecule has 4 nitrogen and oxygen atoms in total. The molecule has 6 heteroatoms. The molecule has 0 aliphatic rings. The highest BCUT2D eigenvalue weighted by Gasteiger charge is 2.14. The van der Waals surface area contributed by atoms with Crippen LogP contribution in [-0.2, 0) is 16.0 Å². The minimum atomic E-state index is -1.21. The summed E-state index contributed by atoms with van der Waals surface area (Å²) in [5.41, 5.74) is 1.53. The van der Waals surface area contributed by atoms with Crippen LogP contribution in [0.1, 0.15) is 12.0 Å². The molecule has 1 amide bonds. The van der Waals surface area contributed by atoms with Gasteiger partial charge in [-0.15, -0.1) is 0 Å². The van der Waals surface area contributed by atoms with E-state index in [1.54, 1.807) is 6.07 Å². The van der Waals surface area contributed by atoms with Crippen LogP contribution in [0.2, 0.25) is 25.7 Å². The van der Waals surface area contributed by atoms with Gasteiger partial charge >= 0.3 is 6.09 Å². The number of anilines is 1. The van der Waals surface area contributed by atoms with E-state index in [0.29, 0.717) is 18.7 Å². The summed E-state index contributed by atoms with van der Waals surface area (Å²) in [6.45, 7) is 7.12. The van der Waals surface area contributed by atoms with Crippen LogP contribution < -0.4 is 5.32 Å². The van der Waals surface area contributed by atoms with Gasteiger partial charge in [0.15, 0.2) is 0 Å². The molecule has 0 bridgehead atoms. The SMILES string of the molecule is C[Si](C)(C)CCOC(=O)Nc1ccccc1CCC(=O)Cl. The molecule has 0 aliphatic heterocycles. The van der Waals surface area contributed by atoms with E-state index in [2.05, 4.69) is 25.0 Å². The van der Waals surface area contributed by atoms with Crippen LogP contribution in [0, 0.1) is 0 Å². The lowest BCUT2D eigenvalue weighted by Gasteiger charge is -2.16. The number of carbonyl (C=O) groups is 2. The maximum absolute atomic E-state index is 11.8. The van der Waals surface area contributed by atoms with Crippen LogP contribution in [0.4, 0.5) is 10.5 Å². The molecular weight excluding hydrogens is 306 g/mol. The first-order valence-corrected chi connectivity index (χ1v) is 11.1. The van der Waals surface area contributed by atoms with Crippen LogP contribution in [-0.4, -0.2) is 26.0 Å². The molecule has 1 N–H and O–H groups in total. The van der Waals surface area contributed by atoms with Crippen molar-refractivity contribution in [3.05, 3.63) is 29.8 Å². The van der Waals surface area contributed by atoms with E-state index in [9.17, 15) is 9.59 Å². The molecule has 116 valence electrons. The number of ether oxygens (including phenoxy) is 1. The van der Waals surface area contributed by atoms with Crippen LogP contribution in [0.3, 0.4) is 0 Å². The van der Waals surface area contributed by atoms with Gasteiger partial charge in [0.05, 0.1) is 6.61 Å². The Morgan fingerprint density at radius 1 is 1.24 bits per heavy atom. The van der Waals surface area contributed by atoms with E-state index in [1.807, 2.05) is 18.2 Å². The van der Waals surface area contributed by atoms with Crippen molar-refractivity contribution in [2.45, 2.75) is 38.5 Å². The van der Waals surface area contributed by atoms with Crippen LogP contribution in [0.15, 0.2) is 24.3 Å². The molecule has 0 atom stereocenters. The van der Waals surface area contributed by atoms with Gasteiger partial charge in [0.1, 0.15) is 0 Å². The van der Waals surface area contributed by atoms with Gasteiger partial charge in [-0.3, -0.25) is 10.1 Å². The van der Waals surface area contributed by atoms with Crippen molar-refractivity contribution >= 4 is 36.7 Å². The minimum absolute atomic E-state index is 0.241. The number of hydrogen-bond donors (Lipinski definition) is 1. The molecule has 1 rings (SSSR count). The van der Waals surface area contributed by atoms with E-state index in [0.717, 1.165) is 11.6 Å². The van der Waals surface area contributed by atoms with E-state index >= 15 is 0 Å². The van der Waals surface area contributed by atoms with Crippen molar-refractivity contribution in [3.8, 4) is 0 Å². The zero-order valence-electron chi connectivity index (χ0n) is 12.7. The first kappa shape index (κ1) is 17.7. The van der Waals surface area contributed by atoms with Gasteiger partial charge < -0.3 is 4.74 Å². The molecular formula is C15H22ClNO3Si.